The number of hydrogen-bond acceptors (Lipinski definition) is 4. The molecule has 0 heterocycles. The van der Waals surface area contributed by atoms with Crippen molar-refractivity contribution in [2.24, 2.45) is 0 Å². The van der Waals surface area contributed by atoms with E-state index in [1.165, 1.54) is 0 Å². The summed E-state index contributed by atoms with van der Waals surface area (Å²) in [6.45, 7) is 5.57. The van der Waals surface area contributed by atoms with Gasteiger partial charge in [-0.2, -0.15) is 0 Å². The highest BCUT2D eigenvalue weighted by molar-refractivity contribution is 5.56. The second-order valence-electron chi connectivity index (χ2n) is 5.53. The Morgan fingerprint density at radius 1 is 1.13 bits per heavy atom. The summed E-state index contributed by atoms with van der Waals surface area (Å²) in [6, 6.07) is 16.5. The number of hydrogen-bond donors (Lipinski definition) is 2. The summed E-state index contributed by atoms with van der Waals surface area (Å²) in [5.74, 6) is 0.925. The Labute approximate surface area is 138 Å². The van der Waals surface area contributed by atoms with Gasteiger partial charge in [0.25, 0.3) is 0 Å². The normalized spacial score (nSPS) is 11.8. The van der Waals surface area contributed by atoms with Gasteiger partial charge in [-0.15, -0.1) is 0 Å². The predicted molar refractivity (Wildman–Crippen MR) is 96.4 cm³/mol. The standard InChI is InChI=1S/C19H26N2O2/c1-4-23-19-8-6-5-7-18(19)15(2)20-16-9-11-17(12-10-16)21(3)13-14-22/h5-12,15,20,22H,4,13-14H2,1-3H3. The van der Waals surface area contributed by atoms with Crippen LogP contribution >= 0.6 is 0 Å². The summed E-state index contributed by atoms with van der Waals surface area (Å²) in [4.78, 5) is 2.03. The number of likely N-dealkylation sites (N-methyl/N-ethyl adjacent to an activating group) is 1. The van der Waals surface area contributed by atoms with Crippen LogP contribution in [0.4, 0.5) is 11.4 Å². The zero-order valence-corrected chi connectivity index (χ0v) is 14.1. The summed E-state index contributed by atoms with van der Waals surface area (Å²) in [5.41, 5.74) is 3.30. The first-order valence-corrected chi connectivity index (χ1v) is 8.06. The van der Waals surface area contributed by atoms with Gasteiger partial charge in [0.15, 0.2) is 0 Å². The van der Waals surface area contributed by atoms with Crippen LogP contribution in [-0.2, 0) is 0 Å². The van der Waals surface area contributed by atoms with E-state index in [-0.39, 0.29) is 12.6 Å². The molecule has 4 nitrogen and oxygen atoms in total. The number of aliphatic hydroxyl groups is 1. The van der Waals surface area contributed by atoms with Crippen molar-refractivity contribution < 1.29 is 9.84 Å². The second kappa shape index (κ2) is 8.44. The fourth-order valence-corrected chi connectivity index (χ4v) is 2.54. The highest BCUT2D eigenvalue weighted by Gasteiger charge is 2.11. The molecule has 4 heteroatoms. The fraction of sp³-hybridized carbons (Fsp3) is 0.368. The number of nitrogens with one attached hydrogen (secondary N) is 1. The topological polar surface area (TPSA) is 44.7 Å². The van der Waals surface area contributed by atoms with Crippen LogP contribution in [0.1, 0.15) is 25.5 Å². The van der Waals surface area contributed by atoms with Crippen LogP contribution in [0.25, 0.3) is 0 Å². The molecule has 0 saturated carbocycles. The van der Waals surface area contributed by atoms with Crippen molar-refractivity contribution in [3.8, 4) is 5.75 Å². The van der Waals surface area contributed by atoms with Gasteiger partial charge in [0.2, 0.25) is 0 Å². The van der Waals surface area contributed by atoms with E-state index in [1.54, 1.807) is 0 Å². The fourth-order valence-electron chi connectivity index (χ4n) is 2.54. The molecule has 124 valence electrons. The van der Waals surface area contributed by atoms with E-state index >= 15 is 0 Å². The molecule has 0 saturated heterocycles. The van der Waals surface area contributed by atoms with E-state index in [9.17, 15) is 0 Å². The third-order valence-corrected chi connectivity index (χ3v) is 3.81. The Hall–Kier alpha value is -2.20. The highest BCUT2D eigenvalue weighted by atomic mass is 16.5. The van der Waals surface area contributed by atoms with E-state index in [1.807, 2.05) is 37.1 Å². The quantitative estimate of drug-likeness (QED) is 0.780. The molecule has 1 atom stereocenters. The molecule has 2 aromatic carbocycles. The maximum Gasteiger partial charge on any atom is 0.124 e. The summed E-state index contributed by atoms with van der Waals surface area (Å²) in [7, 11) is 1.97. The van der Waals surface area contributed by atoms with Gasteiger partial charge in [-0.25, -0.2) is 0 Å². The van der Waals surface area contributed by atoms with Crippen molar-refractivity contribution in [1.82, 2.24) is 0 Å². The average molecular weight is 314 g/mol. The molecule has 2 rings (SSSR count). The SMILES string of the molecule is CCOc1ccccc1C(C)Nc1ccc(N(C)CCO)cc1. The molecule has 0 aromatic heterocycles. The van der Waals surface area contributed by atoms with Crippen LogP contribution in [0.15, 0.2) is 48.5 Å². The molecule has 23 heavy (non-hydrogen) atoms. The van der Waals surface area contributed by atoms with Crippen molar-refractivity contribution in [3.63, 3.8) is 0 Å². The number of aliphatic hydroxyl groups excluding tert-OH is 1. The van der Waals surface area contributed by atoms with Crippen LogP contribution in [0.2, 0.25) is 0 Å². The lowest BCUT2D eigenvalue weighted by atomic mass is 10.1. The minimum Gasteiger partial charge on any atom is -0.494 e. The zero-order chi connectivity index (χ0) is 16.7. The lowest BCUT2D eigenvalue weighted by molar-refractivity contribution is 0.304. The zero-order valence-electron chi connectivity index (χ0n) is 14.1. The van der Waals surface area contributed by atoms with Crippen LogP contribution in [0, 0.1) is 0 Å². The average Bonchev–Trinajstić information content (AvgIpc) is 2.56. The molecule has 2 aromatic rings. The molecular formula is C19H26N2O2. The largest absolute Gasteiger partial charge is 0.494 e. The van der Waals surface area contributed by atoms with E-state index in [0.717, 1.165) is 22.7 Å². The first-order valence-electron chi connectivity index (χ1n) is 8.06. The Morgan fingerprint density at radius 3 is 2.48 bits per heavy atom. The van der Waals surface area contributed by atoms with Gasteiger partial charge in [0, 0.05) is 30.5 Å². The van der Waals surface area contributed by atoms with Gasteiger partial charge in [-0.1, -0.05) is 18.2 Å². The molecule has 0 aliphatic carbocycles. The van der Waals surface area contributed by atoms with Crippen LogP contribution in [0.5, 0.6) is 5.75 Å². The Morgan fingerprint density at radius 2 is 1.83 bits per heavy atom. The molecular weight excluding hydrogens is 288 g/mol. The van der Waals surface area contributed by atoms with Crippen molar-refractivity contribution in [2.75, 3.05) is 37.0 Å². The summed E-state index contributed by atoms with van der Waals surface area (Å²) in [5, 5.41) is 12.5. The number of benzene rings is 2. The van der Waals surface area contributed by atoms with Crippen LogP contribution in [-0.4, -0.2) is 31.9 Å². The first-order chi connectivity index (χ1) is 11.2. The molecule has 0 aliphatic rings. The third kappa shape index (κ3) is 4.63. The Kier molecular flexibility index (Phi) is 6.29. The monoisotopic (exact) mass is 314 g/mol. The van der Waals surface area contributed by atoms with E-state index in [2.05, 4.69) is 42.6 Å². The van der Waals surface area contributed by atoms with Gasteiger partial charge < -0.3 is 20.1 Å². The van der Waals surface area contributed by atoms with Crippen LogP contribution in [0.3, 0.4) is 0 Å². The minimum atomic E-state index is 0.152. The van der Waals surface area contributed by atoms with E-state index in [0.29, 0.717) is 13.2 Å². The third-order valence-electron chi connectivity index (χ3n) is 3.81. The molecule has 0 radical (unpaired) electrons. The summed E-state index contributed by atoms with van der Waals surface area (Å²) in [6.07, 6.45) is 0. The summed E-state index contributed by atoms with van der Waals surface area (Å²) >= 11 is 0. The lowest BCUT2D eigenvalue weighted by Gasteiger charge is -2.21. The van der Waals surface area contributed by atoms with Crippen molar-refractivity contribution in [2.45, 2.75) is 19.9 Å². The molecule has 0 fully saturated rings. The molecule has 1 unspecified atom stereocenters. The van der Waals surface area contributed by atoms with E-state index < -0.39 is 0 Å². The maximum absolute atomic E-state index is 9.00. The van der Waals surface area contributed by atoms with Gasteiger partial charge >= 0.3 is 0 Å². The van der Waals surface area contributed by atoms with Crippen molar-refractivity contribution >= 4 is 11.4 Å². The lowest BCUT2D eigenvalue weighted by Crippen LogP contribution is -2.20. The summed E-state index contributed by atoms with van der Waals surface area (Å²) < 4.78 is 5.70. The van der Waals surface area contributed by atoms with Gasteiger partial charge in [0.1, 0.15) is 5.75 Å². The Balaban J connectivity index is 2.07. The van der Waals surface area contributed by atoms with Gasteiger partial charge in [-0.3, -0.25) is 0 Å². The van der Waals surface area contributed by atoms with Crippen molar-refractivity contribution in [1.29, 1.82) is 0 Å². The number of nitrogens with zero attached hydrogens (tertiary/aromatic N) is 1. The molecule has 0 aliphatic heterocycles. The van der Waals surface area contributed by atoms with Crippen molar-refractivity contribution in [3.05, 3.63) is 54.1 Å². The number of anilines is 2. The Bertz CT molecular complexity index is 599. The first kappa shape index (κ1) is 17.2. The smallest absolute Gasteiger partial charge is 0.124 e. The van der Waals surface area contributed by atoms with E-state index in [4.69, 9.17) is 9.84 Å². The molecule has 0 spiro atoms. The minimum absolute atomic E-state index is 0.152. The molecule has 0 bridgehead atoms. The number of ether oxygens (including phenoxy) is 1. The molecule has 0 amide bonds. The van der Waals surface area contributed by atoms with Gasteiger partial charge in [0.05, 0.1) is 19.3 Å². The number of rotatable bonds is 8. The highest BCUT2D eigenvalue weighted by Crippen LogP contribution is 2.28. The number of para-hydroxylation sites is 1. The molecule has 2 N–H and O–H groups in total. The second-order valence-corrected chi connectivity index (χ2v) is 5.53. The van der Waals surface area contributed by atoms with Crippen LogP contribution < -0.4 is 15.0 Å². The predicted octanol–water partition coefficient (Wildman–Crippen LogP) is 3.69. The maximum atomic E-state index is 9.00. The van der Waals surface area contributed by atoms with Gasteiger partial charge in [-0.05, 0) is 44.2 Å².